The van der Waals surface area contributed by atoms with Crippen molar-refractivity contribution in [3.05, 3.63) is 29.8 Å². The Balaban J connectivity index is 2.92. The second kappa shape index (κ2) is 4.91. The van der Waals surface area contributed by atoms with E-state index in [0.29, 0.717) is 5.56 Å². The maximum atomic E-state index is 11.6. The molecule has 0 saturated heterocycles. The fraction of sp³-hybridized carbons (Fsp3) is 0.300. The van der Waals surface area contributed by atoms with Gasteiger partial charge in [-0.15, -0.1) is 0 Å². The molecule has 80 valence electrons. The summed E-state index contributed by atoms with van der Waals surface area (Å²) in [6.45, 7) is -0.143. The molecule has 0 aliphatic rings. The first-order valence-corrected chi connectivity index (χ1v) is 6.09. The van der Waals surface area contributed by atoms with Crippen LogP contribution in [0.4, 0.5) is 0 Å². The number of rotatable bonds is 4. The molecule has 0 unspecified atom stereocenters. The Hall–Kier alpha value is -1.38. The van der Waals surface area contributed by atoms with Gasteiger partial charge in [0.2, 0.25) is 0 Å². The number of sulfone groups is 1. The molecule has 0 heterocycles. The van der Waals surface area contributed by atoms with Gasteiger partial charge in [0.15, 0.2) is 9.84 Å². The molecule has 0 saturated carbocycles. The SMILES string of the molecule is N#Cc1ccc(S(=O)(=O)CCCO)cc1. The zero-order valence-corrected chi connectivity index (χ0v) is 8.87. The lowest BCUT2D eigenvalue weighted by atomic mass is 10.2. The van der Waals surface area contributed by atoms with E-state index in [2.05, 4.69) is 0 Å². The third kappa shape index (κ3) is 3.05. The second-order valence-electron chi connectivity index (χ2n) is 3.03. The summed E-state index contributed by atoms with van der Waals surface area (Å²) in [5.74, 6) is -0.0740. The number of benzene rings is 1. The van der Waals surface area contributed by atoms with E-state index < -0.39 is 9.84 Å². The van der Waals surface area contributed by atoms with Crippen LogP contribution in [0.15, 0.2) is 29.2 Å². The number of aliphatic hydroxyl groups is 1. The van der Waals surface area contributed by atoms with Gasteiger partial charge in [-0.3, -0.25) is 0 Å². The highest BCUT2D eigenvalue weighted by molar-refractivity contribution is 7.91. The molecule has 1 aromatic rings. The van der Waals surface area contributed by atoms with Gasteiger partial charge in [0.05, 0.1) is 22.3 Å². The topological polar surface area (TPSA) is 78.2 Å². The highest BCUT2D eigenvalue weighted by atomic mass is 32.2. The van der Waals surface area contributed by atoms with E-state index in [-0.39, 0.29) is 23.7 Å². The molecule has 0 aliphatic heterocycles. The van der Waals surface area contributed by atoms with Crippen molar-refractivity contribution in [2.45, 2.75) is 11.3 Å². The lowest BCUT2D eigenvalue weighted by Gasteiger charge is -2.02. The normalized spacial score (nSPS) is 10.9. The van der Waals surface area contributed by atoms with Gasteiger partial charge in [0.1, 0.15) is 0 Å². The van der Waals surface area contributed by atoms with Crippen LogP contribution in [0.1, 0.15) is 12.0 Å². The van der Waals surface area contributed by atoms with E-state index in [1.807, 2.05) is 6.07 Å². The highest BCUT2D eigenvalue weighted by Crippen LogP contribution is 2.12. The summed E-state index contributed by atoms with van der Waals surface area (Å²) >= 11 is 0. The predicted octanol–water partition coefficient (Wildman–Crippen LogP) is 0.714. The van der Waals surface area contributed by atoms with Gasteiger partial charge in [-0.25, -0.2) is 8.42 Å². The van der Waals surface area contributed by atoms with E-state index >= 15 is 0 Å². The number of aliphatic hydroxyl groups excluding tert-OH is 1. The Bertz CT molecular complexity index is 456. The zero-order valence-electron chi connectivity index (χ0n) is 8.05. The van der Waals surface area contributed by atoms with Crippen molar-refractivity contribution in [1.82, 2.24) is 0 Å². The van der Waals surface area contributed by atoms with Gasteiger partial charge in [0.25, 0.3) is 0 Å². The Labute approximate surface area is 88.7 Å². The van der Waals surface area contributed by atoms with Crippen molar-refractivity contribution in [1.29, 1.82) is 5.26 Å². The Morgan fingerprint density at radius 1 is 1.27 bits per heavy atom. The summed E-state index contributed by atoms with van der Waals surface area (Å²) < 4.78 is 23.2. The van der Waals surface area contributed by atoms with Crippen LogP contribution < -0.4 is 0 Å². The van der Waals surface area contributed by atoms with Gasteiger partial charge < -0.3 is 5.11 Å². The third-order valence-electron chi connectivity index (χ3n) is 1.91. The van der Waals surface area contributed by atoms with Crippen LogP contribution in [0, 0.1) is 11.3 Å². The number of nitriles is 1. The van der Waals surface area contributed by atoms with Crippen LogP contribution in [0.2, 0.25) is 0 Å². The molecule has 0 bridgehead atoms. The molecule has 4 nitrogen and oxygen atoms in total. The minimum absolute atomic E-state index is 0.0740. The van der Waals surface area contributed by atoms with Crippen LogP contribution in [0.25, 0.3) is 0 Å². The highest BCUT2D eigenvalue weighted by Gasteiger charge is 2.13. The smallest absolute Gasteiger partial charge is 0.178 e. The lowest BCUT2D eigenvalue weighted by Crippen LogP contribution is -2.08. The van der Waals surface area contributed by atoms with Crippen LogP contribution in [0.3, 0.4) is 0 Å². The maximum absolute atomic E-state index is 11.6. The van der Waals surface area contributed by atoms with Gasteiger partial charge in [-0.05, 0) is 30.7 Å². The van der Waals surface area contributed by atoms with Crippen LogP contribution in [-0.4, -0.2) is 25.9 Å². The maximum Gasteiger partial charge on any atom is 0.178 e. The quantitative estimate of drug-likeness (QED) is 0.818. The zero-order chi connectivity index (χ0) is 11.3. The molecular formula is C10H11NO3S. The Morgan fingerprint density at radius 3 is 2.33 bits per heavy atom. The van der Waals surface area contributed by atoms with Crippen LogP contribution in [-0.2, 0) is 9.84 Å². The van der Waals surface area contributed by atoms with E-state index in [9.17, 15) is 8.42 Å². The molecule has 0 amide bonds. The summed E-state index contributed by atoms with van der Waals surface area (Å²) in [4.78, 5) is 0.190. The molecule has 1 aromatic carbocycles. The molecule has 0 atom stereocenters. The first kappa shape index (κ1) is 11.7. The molecular weight excluding hydrogens is 214 g/mol. The van der Waals surface area contributed by atoms with Crippen molar-refractivity contribution in [2.75, 3.05) is 12.4 Å². The molecule has 0 spiro atoms. The van der Waals surface area contributed by atoms with Gasteiger partial charge in [-0.1, -0.05) is 0 Å². The molecule has 0 aliphatic carbocycles. The molecule has 0 aromatic heterocycles. The molecule has 0 fully saturated rings. The van der Waals surface area contributed by atoms with Crippen LogP contribution in [0.5, 0.6) is 0 Å². The first-order chi connectivity index (χ1) is 7.10. The van der Waals surface area contributed by atoms with Gasteiger partial charge in [0, 0.05) is 6.61 Å². The number of hydrogen-bond acceptors (Lipinski definition) is 4. The molecule has 0 radical (unpaired) electrons. The summed E-state index contributed by atoms with van der Waals surface area (Å²) in [5, 5.41) is 17.1. The predicted molar refractivity (Wildman–Crippen MR) is 54.9 cm³/mol. The summed E-state index contributed by atoms with van der Waals surface area (Å²) in [6.07, 6.45) is 0.225. The Kier molecular flexibility index (Phi) is 3.83. The van der Waals surface area contributed by atoms with E-state index in [1.54, 1.807) is 0 Å². The molecule has 5 heteroatoms. The lowest BCUT2D eigenvalue weighted by molar-refractivity contribution is 0.295. The number of hydrogen-bond donors (Lipinski definition) is 1. The summed E-state index contributed by atoms with van der Waals surface area (Å²) in [6, 6.07) is 7.66. The van der Waals surface area contributed by atoms with Gasteiger partial charge >= 0.3 is 0 Å². The molecule has 1 rings (SSSR count). The van der Waals surface area contributed by atoms with Crippen molar-refractivity contribution in [3.8, 4) is 6.07 Å². The fourth-order valence-corrected chi connectivity index (χ4v) is 2.40. The second-order valence-corrected chi connectivity index (χ2v) is 5.14. The standard InChI is InChI=1S/C10H11NO3S/c11-8-9-2-4-10(5-3-9)15(13,14)7-1-6-12/h2-5,12H,1,6-7H2. The summed E-state index contributed by atoms with van der Waals surface area (Å²) in [7, 11) is -3.32. The van der Waals surface area contributed by atoms with Crippen molar-refractivity contribution in [2.24, 2.45) is 0 Å². The average Bonchev–Trinajstić information content (AvgIpc) is 2.26. The Morgan fingerprint density at radius 2 is 1.87 bits per heavy atom. The van der Waals surface area contributed by atoms with Gasteiger partial charge in [-0.2, -0.15) is 5.26 Å². The third-order valence-corrected chi connectivity index (χ3v) is 3.73. The first-order valence-electron chi connectivity index (χ1n) is 4.44. The van der Waals surface area contributed by atoms with Crippen molar-refractivity contribution >= 4 is 9.84 Å². The molecule has 1 N–H and O–H groups in total. The average molecular weight is 225 g/mol. The van der Waals surface area contributed by atoms with E-state index in [0.717, 1.165) is 0 Å². The van der Waals surface area contributed by atoms with E-state index in [1.165, 1.54) is 24.3 Å². The number of nitrogens with zero attached hydrogens (tertiary/aromatic N) is 1. The fourth-order valence-electron chi connectivity index (χ4n) is 1.11. The molecule has 15 heavy (non-hydrogen) atoms. The monoisotopic (exact) mass is 225 g/mol. The van der Waals surface area contributed by atoms with Crippen molar-refractivity contribution in [3.63, 3.8) is 0 Å². The van der Waals surface area contributed by atoms with Crippen molar-refractivity contribution < 1.29 is 13.5 Å². The van der Waals surface area contributed by atoms with Crippen LogP contribution >= 0.6 is 0 Å². The minimum Gasteiger partial charge on any atom is -0.396 e. The van der Waals surface area contributed by atoms with E-state index in [4.69, 9.17) is 10.4 Å². The summed E-state index contributed by atoms with van der Waals surface area (Å²) in [5.41, 5.74) is 0.427. The largest absolute Gasteiger partial charge is 0.396 e. The minimum atomic E-state index is -3.32.